The Balaban J connectivity index is 2.38. The second-order valence-electron chi connectivity index (χ2n) is 3.84. The lowest BCUT2D eigenvalue weighted by molar-refractivity contribution is -0.143. The zero-order valence-corrected chi connectivity index (χ0v) is 9.77. The lowest BCUT2D eigenvalue weighted by Crippen LogP contribution is -2.55. The van der Waals surface area contributed by atoms with Crippen LogP contribution in [0, 0.1) is 0 Å². The Bertz CT molecular complexity index is 292. The number of carboxylic acid groups (broad SMARTS) is 1. The van der Waals surface area contributed by atoms with Crippen molar-refractivity contribution in [1.82, 2.24) is 10.2 Å². The first-order chi connectivity index (χ1) is 7.40. The monoisotopic (exact) mass is 252 g/mol. The van der Waals surface area contributed by atoms with Gasteiger partial charge in [0.15, 0.2) is 0 Å². The number of nitrogens with zero attached hydrogens (tertiary/aromatic N) is 1. The van der Waals surface area contributed by atoms with E-state index in [1.807, 2.05) is 0 Å². The topological polar surface area (TPSA) is 110 Å². The van der Waals surface area contributed by atoms with Crippen molar-refractivity contribution in [2.75, 3.05) is 32.3 Å². The number of rotatable bonds is 5. The summed E-state index contributed by atoms with van der Waals surface area (Å²) in [4.78, 5) is 30.0. The molecule has 16 heavy (non-hydrogen) atoms. The number of aliphatic carboxylic acids is 1. The Morgan fingerprint density at radius 1 is 1.50 bits per heavy atom. The van der Waals surface area contributed by atoms with E-state index in [0.717, 1.165) is 0 Å². The molecule has 4 N–H and O–H groups in total. The molecule has 7 nitrogen and oxygen atoms in total. The molecule has 8 heteroatoms. The largest absolute Gasteiger partial charge is 0.480 e. The van der Waals surface area contributed by atoms with E-state index in [2.05, 4.69) is 5.32 Å². The lowest BCUT2D eigenvalue weighted by Gasteiger charge is -2.33. The van der Waals surface area contributed by atoms with Gasteiger partial charge in [-0.05, 0) is 13.0 Å². The standard InChI is InChI=1S/C8H17N2O5P/c11-8(12)7-6-9-2-4-10(7)3-1-5-16(13,14)15/h7,9H,1-6H2,(H,11,12)(H2,13,14,15)/t7-/m1/s1. The summed E-state index contributed by atoms with van der Waals surface area (Å²) in [5, 5.41) is 11.9. The molecule has 0 amide bonds. The van der Waals surface area contributed by atoms with Gasteiger partial charge in [0.25, 0.3) is 0 Å². The summed E-state index contributed by atoms with van der Waals surface area (Å²) in [7, 11) is -3.97. The molecule has 0 spiro atoms. The van der Waals surface area contributed by atoms with E-state index < -0.39 is 19.6 Å². The zero-order valence-electron chi connectivity index (χ0n) is 8.87. The average molecular weight is 252 g/mol. The second-order valence-corrected chi connectivity index (χ2v) is 5.61. The highest BCUT2D eigenvalue weighted by Gasteiger charge is 2.28. The first-order valence-electron chi connectivity index (χ1n) is 5.12. The highest BCUT2D eigenvalue weighted by Crippen LogP contribution is 2.34. The minimum absolute atomic E-state index is 0.191. The summed E-state index contributed by atoms with van der Waals surface area (Å²) >= 11 is 0. The third kappa shape index (κ3) is 4.59. The fourth-order valence-electron chi connectivity index (χ4n) is 1.74. The summed E-state index contributed by atoms with van der Waals surface area (Å²) in [6, 6.07) is -0.592. The van der Waals surface area contributed by atoms with Crippen molar-refractivity contribution in [2.45, 2.75) is 12.5 Å². The number of hydrogen-bond donors (Lipinski definition) is 4. The number of piperazine rings is 1. The van der Waals surface area contributed by atoms with E-state index in [9.17, 15) is 9.36 Å². The fourth-order valence-corrected chi connectivity index (χ4v) is 2.29. The van der Waals surface area contributed by atoms with Crippen LogP contribution in [0.2, 0.25) is 0 Å². The average Bonchev–Trinajstić information content (AvgIpc) is 2.16. The third-order valence-electron chi connectivity index (χ3n) is 2.53. The van der Waals surface area contributed by atoms with Gasteiger partial charge in [0, 0.05) is 19.6 Å². The van der Waals surface area contributed by atoms with Gasteiger partial charge in [-0.15, -0.1) is 0 Å². The smallest absolute Gasteiger partial charge is 0.325 e. The van der Waals surface area contributed by atoms with E-state index in [0.29, 0.717) is 32.6 Å². The van der Waals surface area contributed by atoms with Crippen molar-refractivity contribution < 1.29 is 24.3 Å². The first-order valence-corrected chi connectivity index (χ1v) is 6.92. The maximum Gasteiger partial charge on any atom is 0.325 e. The van der Waals surface area contributed by atoms with Crippen molar-refractivity contribution in [2.24, 2.45) is 0 Å². The molecule has 0 aromatic rings. The minimum Gasteiger partial charge on any atom is -0.480 e. The Labute approximate surface area is 93.6 Å². The second kappa shape index (κ2) is 5.75. The Kier molecular flexibility index (Phi) is 4.89. The number of carboxylic acids is 1. The predicted octanol–water partition coefficient (Wildman–Crippen LogP) is -1.09. The van der Waals surface area contributed by atoms with Crippen molar-refractivity contribution in [1.29, 1.82) is 0 Å². The third-order valence-corrected chi connectivity index (χ3v) is 3.43. The number of nitrogens with one attached hydrogen (secondary N) is 1. The summed E-state index contributed by atoms with van der Waals surface area (Å²) < 4.78 is 10.6. The van der Waals surface area contributed by atoms with Gasteiger partial charge in [-0.25, -0.2) is 0 Å². The minimum atomic E-state index is -3.97. The molecule has 0 aromatic heterocycles. The Morgan fingerprint density at radius 3 is 2.75 bits per heavy atom. The molecule has 1 saturated heterocycles. The zero-order chi connectivity index (χ0) is 12.2. The predicted molar refractivity (Wildman–Crippen MR) is 57.4 cm³/mol. The summed E-state index contributed by atoms with van der Waals surface area (Å²) in [5.74, 6) is -0.900. The molecule has 1 rings (SSSR count). The van der Waals surface area contributed by atoms with Gasteiger partial charge in [-0.2, -0.15) is 0 Å². The summed E-state index contributed by atoms with van der Waals surface area (Å²) in [6.07, 6.45) is 0.122. The molecule has 94 valence electrons. The molecule has 1 aliphatic heterocycles. The van der Waals surface area contributed by atoms with E-state index in [1.54, 1.807) is 4.90 Å². The van der Waals surface area contributed by atoms with Crippen LogP contribution in [0.4, 0.5) is 0 Å². The van der Waals surface area contributed by atoms with E-state index in [4.69, 9.17) is 14.9 Å². The van der Waals surface area contributed by atoms with Crippen LogP contribution < -0.4 is 5.32 Å². The quantitative estimate of drug-likeness (QED) is 0.460. The highest BCUT2D eigenvalue weighted by atomic mass is 31.2. The van der Waals surface area contributed by atoms with Gasteiger partial charge in [0.2, 0.25) is 0 Å². The maximum absolute atomic E-state index is 10.9. The Morgan fingerprint density at radius 2 is 2.19 bits per heavy atom. The number of carbonyl (C=O) groups is 1. The first kappa shape index (κ1) is 13.6. The van der Waals surface area contributed by atoms with Crippen molar-refractivity contribution >= 4 is 13.6 Å². The molecule has 0 aliphatic carbocycles. The molecule has 1 fully saturated rings. The number of hydrogen-bond acceptors (Lipinski definition) is 4. The van der Waals surface area contributed by atoms with Gasteiger partial charge in [-0.3, -0.25) is 14.3 Å². The molecule has 0 bridgehead atoms. The van der Waals surface area contributed by atoms with Crippen LogP contribution in [0.1, 0.15) is 6.42 Å². The van der Waals surface area contributed by atoms with Gasteiger partial charge in [0.05, 0.1) is 6.16 Å². The van der Waals surface area contributed by atoms with E-state index in [1.165, 1.54) is 0 Å². The molecule has 1 aliphatic rings. The van der Waals surface area contributed by atoms with Crippen molar-refractivity contribution in [3.8, 4) is 0 Å². The molecular weight excluding hydrogens is 235 g/mol. The van der Waals surface area contributed by atoms with Crippen LogP contribution in [-0.2, 0) is 9.36 Å². The molecule has 0 aromatic carbocycles. The van der Waals surface area contributed by atoms with Crippen LogP contribution in [-0.4, -0.2) is 64.1 Å². The van der Waals surface area contributed by atoms with E-state index >= 15 is 0 Å². The lowest BCUT2D eigenvalue weighted by atomic mass is 10.2. The molecule has 0 radical (unpaired) electrons. The van der Waals surface area contributed by atoms with Gasteiger partial charge in [-0.1, -0.05) is 0 Å². The van der Waals surface area contributed by atoms with Crippen LogP contribution in [0.15, 0.2) is 0 Å². The molecule has 1 heterocycles. The molecular formula is C8H17N2O5P. The SMILES string of the molecule is O=C(O)[C@H]1CNCCN1CCCP(=O)(O)O. The van der Waals surface area contributed by atoms with Crippen molar-refractivity contribution in [3.05, 3.63) is 0 Å². The van der Waals surface area contributed by atoms with Crippen LogP contribution >= 0.6 is 7.60 Å². The summed E-state index contributed by atoms with van der Waals surface area (Å²) in [6.45, 7) is 2.09. The molecule has 0 saturated carbocycles. The van der Waals surface area contributed by atoms with Gasteiger partial charge >= 0.3 is 13.6 Å². The van der Waals surface area contributed by atoms with Crippen LogP contribution in [0.3, 0.4) is 0 Å². The molecule has 1 atom stereocenters. The Hall–Kier alpha value is -0.460. The summed E-state index contributed by atoms with van der Waals surface area (Å²) in [5.41, 5.74) is 0. The van der Waals surface area contributed by atoms with Crippen LogP contribution in [0.25, 0.3) is 0 Å². The van der Waals surface area contributed by atoms with Crippen LogP contribution in [0.5, 0.6) is 0 Å². The van der Waals surface area contributed by atoms with Gasteiger partial charge < -0.3 is 20.2 Å². The highest BCUT2D eigenvalue weighted by molar-refractivity contribution is 7.51. The van der Waals surface area contributed by atoms with E-state index in [-0.39, 0.29) is 6.16 Å². The maximum atomic E-state index is 10.9. The van der Waals surface area contributed by atoms with Gasteiger partial charge in [0.1, 0.15) is 6.04 Å². The normalized spacial score (nSPS) is 23.2. The fraction of sp³-hybridized carbons (Fsp3) is 0.875. The molecule has 0 unspecified atom stereocenters. The van der Waals surface area contributed by atoms with Crippen molar-refractivity contribution in [3.63, 3.8) is 0 Å².